The zero-order chi connectivity index (χ0) is 24.5. The number of rotatable bonds is 7. The standard InChI is InChI=1S/C12H12ClF3O2.C9H7F3O2/c13-7-1-2-10(11(17)18)8-3-5-9(6-4-8)12(14,15)16;10-9(11,12)7-3-1-6(2-4-7)5-8(13)14/h3-6,10H,1-2,7H2,(H,17,18);1-4H,5H2,(H,13,14). The second-order valence-corrected chi connectivity index (χ2v) is 6.98. The minimum absolute atomic E-state index is 0.266. The second kappa shape index (κ2) is 11.8. The van der Waals surface area contributed by atoms with Crippen LogP contribution >= 0.6 is 11.6 Å². The Morgan fingerprint density at radius 2 is 1.25 bits per heavy atom. The van der Waals surface area contributed by atoms with Gasteiger partial charge in [0.25, 0.3) is 0 Å². The topological polar surface area (TPSA) is 74.6 Å². The summed E-state index contributed by atoms with van der Waals surface area (Å²) in [5, 5.41) is 17.4. The fourth-order valence-corrected chi connectivity index (χ4v) is 2.76. The summed E-state index contributed by atoms with van der Waals surface area (Å²) < 4.78 is 73.2. The first kappa shape index (κ1) is 27.3. The maximum absolute atomic E-state index is 12.3. The van der Waals surface area contributed by atoms with Crippen LogP contribution in [0.15, 0.2) is 48.5 Å². The number of carboxylic acids is 2. The summed E-state index contributed by atoms with van der Waals surface area (Å²) in [6, 6.07) is 8.27. The molecule has 0 aromatic heterocycles. The van der Waals surface area contributed by atoms with Crippen LogP contribution in [0.2, 0.25) is 0 Å². The van der Waals surface area contributed by atoms with Gasteiger partial charge in [-0.05, 0) is 48.2 Å². The first-order valence-corrected chi connectivity index (χ1v) is 9.63. The van der Waals surface area contributed by atoms with Crippen molar-refractivity contribution in [3.05, 3.63) is 70.8 Å². The summed E-state index contributed by atoms with van der Waals surface area (Å²) in [6.45, 7) is 0. The van der Waals surface area contributed by atoms with E-state index in [-0.39, 0.29) is 6.42 Å². The van der Waals surface area contributed by atoms with Crippen LogP contribution in [0, 0.1) is 0 Å². The van der Waals surface area contributed by atoms with Crippen molar-refractivity contribution in [3.63, 3.8) is 0 Å². The van der Waals surface area contributed by atoms with E-state index in [4.69, 9.17) is 21.8 Å². The largest absolute Gasteiger partial charge is 0.481 e. The molecule has 0 aliphatic rings. The predicted molar refractivity (Wildman–Crippen MR) is 105 cm³/mol. The van der Waals surface area contributed by atoms with Gasteiger partial charge >= 0.3 is 24.3 Å². The molecule has 0 saturated carbocycles. The molecule has 176 valence electrons. The third-order valence-corrected chi connectivity index (χ3v) is 4.47. The average molecular weight is 485 g/mol. The molecule has 0 spiro atoms. The van der Waals surface area contributed by atoms with Gasteiger partial charge in [0.15, 0.2) is 0 Å². The molecular weight excluding hydrogens is 466 g/mol. The Balaban J connectivity index is 0.000000330. The van der Waals surface area contributed by atoms with Crippen molar-refractivity contribution in [2.75, 3.05) is 5.88 Å². The smallest absolute Gasteiger partial charge is 0.416 e. The van der Waals surface area contributed by atoms with E-state index in [1.807, 2.05) is 0 Å². The van der Waals surface area contributed by atoms with Crippen molar-refractivity contribution in [2.24, 2.45) is 0 Å². The van der Waals surface area contributed by atoms with Gasteiger partial charge in [0.2, 0.25) is 0 Å². The third kappa shape index (κ3) is 9.17. The highest BCUT2D eigenvalue weighted by atomic mass is 35.5. The number of aliphatic carboxylic acids is 2. The van der Waals surface area contributed by atoms with Gasteiger partial charge in [-0.3, -0.25) is 9.59 Å². The zero-order valence-electron chi connectivity index (χ0n) is 16.4. The van der Waals surface area contributed by atoms with Gasteiger partial charge in [0.05, 0.1) is 23.5 Å². The average Bonchev–Trinajstić information content (AvgIpc) is 2.67. The Labute approximate surface area is 184 Å². The lowest BCUT2D eigenvalue weighted by Crippen LogP contribution is -2.12. The van der Waals surface area contributed by atoms with Crippen LogP contribution in [0.4, 0.5) is 26.3 Å². The maximum Gasteiger partial charge on any atom is 0.416 e. The third-order valence-electron chi connectivity index (χ3n) is 4.20. The van der Waals surface area contributed by atoms with Crippen molar-refractivity contribution in [3.8, 4) is 0 Å². The van der Waals surface area contributed by atoms with Gasteiger partial charge < -0.3 is 10.2 Å². The van der Waals surface area contributed by atoms with E-state index in [9.17, 15) is 35.9 Å². The lowest BCUT2D eigenvalue weighted by atomic mass is 9.94. The van der Waals surface area contributed by atoms with E-state index in [0.29, 0.717) is 29.8 Å². The van der Waals surface area contributed by atoms with Crippen LogP contribution in [-0.4, -0.2) is 28.0 Å². The molecule has 2 aromatic rings. The molecule has 2 N–H and O–H groups in total. The number of alkyl halides is 7. The molecule has 0 aliphatic carbocycles. The monoisotopic (exact) mass is 484 g/mol. The Morgan fingerprint density at radius 1 is 0.812 bits per heavy atom. The van der Waals surface area contributed by atoms with Gasteiger partial charge in [-0.1, -0.05) is 24.3 Å². The molecule has 0 bridgehead atoms. The Morgan fingerprint density at radius 3 is 1.59 bits per heavy atom. The van der Waals surface area contributed by atoms with Crippen molar-refractivity contribution in [1.82, 2.24) is 0 Å². The SMILES string of the molecule is O=C(O)C(CCCCl)c1ccc(C(F)(F)F)cc1.O=C(O)Cc1ccc(C(F)(F)F)cc1. The molecule has 0 saturated heterocycles. The highest BCUT2D eigenvalue weighted by Gasteiger charge is 2.31. The van der Waals surface area contributed by atoms with Crippen molar-refractivity contribution in [1.29, 1.82) is 0 Å². The first-order chi connectivity index (χ1) is 14.8. The number of hydrogen-bond acceptors (Lipinski definition) is 2. The molecule has 0 radical (unpaired) electrons. The van der Waals surface area contributed by atoms with Crippen LogP contribution < -0.4 is 0 Å². The van der Waals surface area contributed by atoms with Gasteiger partial charge in [0.1, 0.15) is 0 Å². The van der Waals surface area contributed by atoms with Crippen molar-refractivity contribution in [2.45, 2.75) is 37.5 Å². The Bertz CT molecular complexity index is 877. The summed E-state index contributed by atoms with van der Waals surface area (Å²) in [6.07, 6.45) is -8.24. The highest BCUT2D eigenvalue weighted by Crippen LogP contribution is 2.31. The van der Waals surface area contributed by atoms with E-state index in [1.165, 1.54) is 12.1 Å². The molecule has 1 atom stereocenters. The minimum Gasteiger partial charge on any atom is -0.481 e. The van der Waals surface area contributed by atoms with Crippen molar-refractivity contribution >= 4 is 23.5 Å². The number of benzene rings is 2. The highest BCUT2D eigenvalue weighted by molar-refractivity contribution is 6.17. The lowest BCUT2D eigenvalue weighted by Gasteiger charge is -2.13. The molecule has 32 heavy (non-hydrogen) atoms. The summed E-state index contributed by atoms with van der Waals surface area (Å²) in [5.74, 6) is -2.61. The van der Waals surface area contributed by atoms with Crippen LogP contribution in [0.25, 0.3) is 0 Å². The first-order valence-electron chi connectivity index (χ1n) is 9.09. The van der Waals surface area contributed by atoms with E-state index >= 15 is 0 Å². The Hall–Kier alpha value is -2.75. The molecular formula is C21H19ClF6O4. The zero-order valence-corrected chi connectivity index (χ0v) is 17.1. The van der Waals surface area contributed by atoms with Crippen LogP contribution in [0.5, 0.6) is 0 Å². The van der Waals surface area contributed by atoms with E-state index in [0.717, 1.165) is 36.4 Å². The summed E-state index contributed by atoms with van der Waals surface area (Å²) in [7, 11) is 0. The normalized spacial score (nSPS) is 12.5. The second-order valence-electron chi connectivity index (χ2n) is 6.61. The molecule has 0 heterocycles. The molecule has 0 aliphatic heterocycles. The van der Waals surface area contributed by atoms with Gasteiger partial charge in [-0.25, -0.2) is 0 Å². The molecule has 0 fully saturated rings. The lowest BCUT2D eigenvalue weighted by molar-refractivity contribution is -0.139. The molecule has 2 rings (SSSR count). The molecule has 11 heteroatoms. The molecule has 0 amide bonds. The van der Waals surface area contributed by atoms with Gasteiger partial charge in [-0.2, -0.15) is 26.3 Å². The van der Waals surface area contributed by atoms with E-state index < -0.39 is 41.3 Å². The van der Waals surface area contributed by atoms with Crippen molar-refractivity contribution < 1.29 is 46.1 Å². The fourth-order valence-electron chi connectivity index (χ4n) is 2.60. The Kier molecular flexibility index (Phi) is 10.0. The molecule has 1 unspecified atom stereocenters. The summed E-state index contributed by atoms with van der Waals surface area (Å²) in [4.78, 5) is 21.3. The van der Waals surface area contributed by atoms with E-state index in [1.54, 1.807) is 0 Å². The maximum atomic E-state index is 12.3. The van der Waals surface area contributed by atoms with Crippen LogP contribution in [0.3, 0.4) is 0 Å². The predicted octanol–water partition coefficient (Wildman–Crippen LogP) is 6.23. The van der Waals surface area contributed by atoms with Gasteiger partial charge in [0, 0.05) is 5.88 Å². The quantitative estimate of drug-likeness (QED) is 0.361. The number of carboxylic acid groups (broad SMARTS) is 2. The number of hydrogen-bond donors (Lipinski definition) is 2. The fraction of sp³-hybridized carbons (Fsp3) is 0.333. The number of halogens is 7. The minimum atomic E-state index is -4.41. The van der Waals surface area contributed by atoms with E-state index in [2.05, 4.69) is 0 Å². The molecule has 2 aromatic carbocycles. The summed E-state index contributed by atoms with van der Waals surface area (Å²) in [5.41, 5.74) is -0.842. The van der Waals surface area contributed by atoms with Crippen LogP contribution in [0.1, 0.15) is 41.0 Å². The summed E-state index contributed by atoms with van der Waals surface area (Å²) >= 11 is 5.48. The van der Waals surface area contributed by atoms with Crippen LogP contribution in [-0.2, 0) is 28.4 Å². The number of carbonyl (C=O) groups is 2. The van der Waals surface area contributed by atoms with Gasteiger partial charge in [-0.15, -0.1) is 11.6 Å². The molecule has 4 nitrogen and oxygen atoms in total.